The second-order valence-corrected chi connectivity index (χ2v) is 8.39. The Morgan fingerprint density at radius 3 is 2.41 bits per heavy atom. The third-order valence-electron chi connectivity index (χ3n) is 5.51. The number of hydrogen-bond donors (Lipinski definition) is 0. The van der Waals surface area contributed by atoms with Gasteiger partial charge in [-0.3, -0.25) is 15.1 Å². The Hall–Kier alpha value is -3.12. The van der Waals surface area contributed by atoms with Crippen LogP contribution in [-0.4, -0.2) is 10.1 Å². The van der Waals surface area contributed by atoms with Crippen LogP contribution in [0.3, 0.4) is 0 Å². The Morgan fingerprint density at radius 2 is 1.69 bits per heavy atom. The van der Waals surface area contributed by atoms with Crippen molar-refractivity contribution in [1.82, 2.24) is 0 Å². The minimum absolute atomic E-state index is 0.0323. The van der Waals surface area contributed by atoms with Crippen molar-refractivity contribution in [3.05, 3.63) is 99.6 Å². The van der Waals surface area contributed by atoms with Gasteiger partial charge in [-0.2, -0.15) is 0 Å². The normalized spacial score (nSPS) is 20.0. The van der Waals surface area contributed by atoms with Crippen molar-refractivity contribution in [2.24, 2.45) is 4.99 Å². The molecule has 2 aliphatic rings. The molecule has 144 valence electrons. The van der Waals surface area contributed by atoms with Crippen molar-refractivity contribution in [2.45, 2.75) is 30.3 Å². The number of nitro groups is 1. The van der Waals surface area contributed by atoms with Crippen LogP contribution in [-0.2, 0) is 0 Å². The van der Waals surface area contributed by atoms with E-state index in [2.05, 4.69) is 60.4 Å². The molecule has 2 aliphatic heterocycles. The number of aliphatic imine (C=N–C) groups is 1. The first kappa shape index (κ1) is 17.9. The van der Waals surface area contributed by atoms with Gasteiger partial charge in [0, 0.05) is 17.0 Å². The summed E-state index contributed by atoms with van der Waals surface area (Å²) >= 11 is 1.70. The van der Waals surface area contributed by atoms with Crippen molar-refractivity contribution >= 4 is 28.3 Å². The number of benzene rings is 3. The highest BCUT2D eigenvalue weighted by atomic mass is 32.2. The Morgan fingerprint density at radius 1 is 1.00 bits per heavy atom. The number of anilines is 1. The molecule has 0 aliphatic carbocycles. The molecule has 5 nitrogen and oxygen atoms in total. The summed E-state index contributed by atoms with van der Waals surface area (Å²) in [5, 5.41) is 12.0. The lowest BCUT2D eigenvalue weighted by molar-refractivity contribution is -0.384. The number of amidine groups is 1. The predicted octanol–water partition coefficient (Wildman–Crippen LogP) is 6.06. The molecule has 0 saturated carbocycles. The van der Waals surface area contributed by atoms with Crippen LogP contribution in [0.25, 0.3) is 0 Å². The number of rotatable bonds is 3. The summed E-state index contributed by atoms with van der Waals surface area (Å²) in [5.74, 6) is 0. The van der Waals surface area contributed by atoms with E-state index >= 15 is 0 Å². The van der Waals surface area contributed by atoms with Gasteiger partial charge >= 0.3 is 0 Å². The highest BCUT2D eigenvalue weighted by Crippen LogP contribution is 2.50. The van der Waals surface area contributed by atoms with Gasteiger partial charge in [0.2, 0.25) is 0 Å². The van der Waals surface area contributed by atoms with Crippen LogP contribution >= 0.6 is 11.8 Å². The van der Waals surface area contributed by atoms with E-state index in [0.29, 0.717) is 0 Å². The summed E-state index contributed by atoms with van der Waals surface area (Å²) < 4.78 is 0. The van der Waals surface area contributed by atoms with Gasteiger partial charge in [-0.25, -0.2) is 0 Å². The van der Waals surface area contributed by atoms with Crippen molar-refractivity contribution in [1.29, 1.82) is 0 Å². The summed E-state index contributed by atoms with van der Waals surface area (Å²) in [6.07, 6.45) is 0.819. The highest BCUT2D eigenvalue weighted by molar-refractivity contribution is 8.14. The number of non-ortho nitro benzene ring substituents is 1. The number of fused-ring (bicyclic) bond motifs is 3. The minimum atomic E-state index is -0.364. The fraction of sp³-hybridized carbons (Fsp3) is 0.174. The van der Waals surface area contributed by atoms with Gasteiger partial charge in [-0.15, -0.1) is 0 Å². The number of nitrogens with zero attached hydrogens (tertiary/aromatic N) is 3. The fourth-order valence-electron chi connectivity index (χ4n) is 3.99. The molecule has 0 radical (unpaired) electrons. The lowest BCUT2D eigenvalue weighted by atomic mass is 9.92. The van der Waals surface area contributed by atoms with E-state index in [4.69, 9.17) is 4.99 Å². The molecule has 0 bridgehead atoms. The van der Waals surface area contributed by atoms with E-state index in [1.54, 1.807) is 23.9 Å². The minimum Gasteiger partial charge on any atom is -0.312 e. The maximum absolute atomic E-state index is 11.0. The molecule has 0 saturated heterocycles. The van der Waals surface area contributed by atoms with E-state index in [-0.39, 0.29) is 22.7 Å². The summed E-state index contributed by atoms with van der Waals surface area (Å²) in [6, 6.07) is 24.0. The summed E-state index contributed by atoms with van der Waals surface area (Å²) in [5.41, 5.74) is 4.81. The number of thioether (sulfide) groups is 1. The topological polar surface area (TPSA) is 58.7 Å². The number of para-hydroxylation sites is 1. The van der Waals surface area contributed by atoms with Gasteiger partial charge in [0.05, 0.1) is 22.7 Å². The summed E-state index contributed by atoms with van der Waals surface area (Å²) in [4.78, 5) is 19.2. The fourth-order valence-corrected chi connectivity index (χ4v) is 5.11. The van der Waals surface area contributed by atoms with Gasteiger partial charge in [-0.05, 0) is 48.4 Å². The third-order valence-corrected chi connectivity index (χ3v) is 6.56. The van der Waals surface area contributed by atoms with E-state index in [1.807, 2.05) is 12.1 Å². The maximum atomic E-state index is 11.0. The zero-order chi connectivity index (χ0) is 20.0. The first-order chi connectivity index (χ1) is 14.1. The quantitative estimate of drug-likeness (QED) is 0.395. The van der Waals surface area contributed by atoms with Gasteiger partial charge in [0.15, 0.2) is 5.17 Å². The lowest BCUT2D eigenvalue weighted by Crippen LogP contribution is -2.35. The van der Waals surface area contributed by atoms with Crippen LogP contribution in [0.1, 0.15) is 35.2 Å². The van der Waals surface area contributed by atoms with Crippen LogP contribution in [0.2, 0.25) is 0 Å². The molecule has 3 aromatic rings. The van der Waals surface area contributed by atoms with Crippen molar-refractivity contribution in [3.8, 4) is 0 Å². The first-order valence-corrected chi connectivity index (χ1v) is 10.4. The van der Waals surface area contributed by atoms with E-state index in [1.165, 1.54) is 21.7 Å². The Labute approximate surface area is 173 Å². The molecule has 5 rings (SSSR count). The average Bonchev–Trinajstić information content (AvgIpc) is 3.12. The number of nitro benzene ring substituents is 1. The molecule has 0 N–H and O–H groups in total. The standard InChI is InChI=1S/C23H19N3O2S/c1-15-6-8-17(9-7-15)21-14-19(16-10-12-18(13-11-16)26(27)28)24-23-25(21)20-4-2-3-5-22(20)29-23/h2-13,19,21H,14H2,1H3. The molecule has 6 heteroatoms. The molecule has 3 aromatic carbocycles. The monoisotopic (exact) mass is 401 g/mol. The van der Waals surface area contributed by atoms with Crippen LogP contribution in [0, 0.1) is 17.0 Å². The lowest BCUT2D eigenvalue weighted by Gasteiger charge is -2.36. The van der Waals surface area contributed by atoms with E-state index in [0.717, 1.165) is 17.2 Å². The molecule has 0 amide bonds. The number of aryl methyl sites for hydroxylation is 1. The Kier molecular flexibility index (Phi) is 4.36. The molecule has 0 aromatic heterocycles. The van der Waals surface area contributed by atoms with Crippen molar-refractivity contribution in [2.75, 3.05) is 4.90 Å². The molecule has 29 heavy (non-hydrogen) atoms. The van der Waals surface area contributed by atoms with Crippen LogP contribution in [0.15, 0.2) is 82.7 Å². The van der Waals surface area contributed by atoms with Crippen LogP contribution < -0.4 is 4.90 Å². The van der Waals surface area contributed by atoms with E-state index in [9.17, 15) is 10.1 Å². The molecule has 2 unspecified atom stereocenters. The third kappa shape index (κ3) is 3.19. The zero-order valence-electron chi connectivity index (χ0n) is 15.9. The van der Waals surface area contributed by atoms with Crippen LogP contribution in [0.5, 0.6) is 0 Å². The zero-order valence-corrected chi connectivity index (χ0v) is 16.7. The van der Waals surface area contributed by atoms with Gasteiger partial charge < -0.3 is 4.90 Å². The average molecular weight is 401 g/mol. The smallest absolute Gasteiger partial charge is 0.269 e. The summed E-state index contributed by atoms with van der Waals surface area (Å²) in [6.45, 7) is 2.10. The Bertz CT molecular complexity index is 1110. The molecular weight excluding hydrogens is 382 g/mol. The molecular formula is C23H19N3O2S. The molecule has 2 heterocycles. The van der Waals surface area contributed by atoms with Crippen molar-refractivity contribution < 1.29 is 4.92 Å². The predicted molar refractivity (Wildman–Crippen MR) is 117 cm³/mol. The van der Waals surface area contributed by atoms with Crippen molar-refractivity contribution in [3.63, 3.8) is 0 Å². The largest absolute Gasteiger partial charge is 0.312 e. The van der Waals surface area contributed by atoms with Crippen LogP contribution in [0.4, 0.5) is 11.4 Å². The van der Waals surface area contributed by atoms with Gasteiger partial charge in [0.25, 0.3) is 5.69 Å². The second-order valence-electron chi connectivity index (χ2n) is 7.38. The van der Waals surface area contributed by atoms with E-state index < -0.39 is 0 Å². The molecule has 0 spiro atoms. The van der Waals surface area contributed by atoms with Gasteiger partial charge in [-0.1, -0.05) is 54.1 Å². The first-order valence-electron chi connectivity index (χ1n) is 9.55. The molecule has 0 fully saturated rings. The Balaban J connectivity index is 1.57. The second kappa shape index (κ2) is 7.04. The number of hydrogen-bond acceptors (Lipinski definition) is 5. The van der Waals surface area contributed by atoms with Gasteiger partial charge in [0.1, 0.15) is 0 Å². The summed E-state index contributed by atoms with van der Waals surface area (Å²) in [7, 11) is 0. The highest BCUT2D eigenvalue weighted by Gasteiger charge is 2.38. The SMILES string of the molecule is Cc1ccc(C2CC(c3ccc([N+](=O)[O-])cc3)N=C3Sc4ccccc4N32)cc1. The molecule has 2 atom stereocenters. The maximum Gasteiger partial charge on any atom is 0.269 e.